The molecule has 0 amide bonds. The summed E-state index contributed by atoms with van der Waals surface area (Å²) < 4.78 is 2.04. The smallest absolute Gasteiger partial charge is 0.171 e. The number of aromatic nitrogens is 5. The van der Waals surface area contributed by atoms with Crippen molar-refractivity contribution in [2.24, 2.45) is 0 Å². The van der Waals surface area contributed by atoms with E-state index in [9.17, 15) is 0 Å². The Morgan fingerprint density at radius 3 is 2.57 bits per heavy atom. The molecule has 0 aliphatic carbocycles. The fourth-order valence-electron chi connectivity index (χ4n) is 2.48. The molecule has 0 fully saturated rings. The lowest BCUT2D eigenvalue weighted by molar-refractivity contribution is 0.937. The summed E-state index contributed by atoms with van der Waals surface area (Å²) in [5.74, 6) is 1.60. The van der Waals surface area contributed by atoms with Gasteiger partial charge in [-0.2, -0.15) is 0 Å². The van der Waals surface area contributed by atoms with E-state index in [0.717, 1.165) is 40.2 Å². The maximum absolute atomic E-state index is 4.35. The monoisotopic (exact) mass is 275 g/mol. The van der Waals surface area contributed by atoms with Gasteiger partial charge in [0.15, 0.2) is 11.5 Å². The van der Waals surface area contributed by atoms with E-state index >= 15 is 0 Å². The van der Waals surface area contributed by atoms with Crippen LogP contribution in [-0.2, 0) is 6.42 Å². The third kappa shape index (κ3) is 1.86. The number of rotatable bonds is 2. The lowest BCUT2D eigenvalue weighted by atomic mass is 10.2. The lowest BCUT2D eigenvalue weighted by Gasteiger charge is -2.04. The van der Waals surface area contributed by atoms with Crippen LogP contribution in [0.1, 0.15) is 12.7 Å². The van der Waals surface area contributed by atoms with Gasteiger partial charge in [0.05, 0.1) is 11.1 Å². The van der Waals surface area contributed by atoms with Gasteiger partial charge in [-0.05, 0) is 23.6 Å². The average Bonchev–Trinajstić information content (AvgIpc) is 2.99. The van der Waals surface area contributed by atoms with E-state index in [4.69, 9.17) is 0 Å². The third-order valence-electron chi connectivity index (χ3n) is 3.56. The van der Waals surface area contributed by atoms with Crippen molar-refractivity contribution in [2.75, 3.05) is 0 Å². The molecule has 0 radical (unpaired) electrons. The van der Waals surface area contributed by atoms with Gasteiger partial charge in [-0.15, -0.1) is 10.2 Å². The molecule has 0 atom stereocenters. The van der Waals surface area contributed by atoms with E-state index in [0.29, 0.717) is 0 Å². The predicted molar refractivity (Wildman–Crippen MR) is 80.9 cm³/mol. The number of para-hydroxylation sites is 1. The van der Waals surface area contributed by atoms with Crippen LogP contribution >= 0.6 is 0 Å². The molecule has 0 aliphatic heterocycles. The number of aryl methyl sites for hydroxylation is 1. The topological polar surface area (TPSA) is 56.0 Å². The Morgan fingerprint density at radius 2 is 1.76 bits per heavy atom. The minimum atomic E-state index is 0.768. The zero-order chi connectivity index (χ0) is 14.2. The minimum absolute atomic E-state index is 0.768. The number of pyridine rings is 1. The summed E-state index contributed by atoms with van der Waals surface area (Å²) in [5.41, 5.74) is 2.77. The molecule has 0 saturated heterocycles. The van der Waals surface area contributed by atoms with Crippen molar-refractivity contribution in [1.82, 2.24) is 24.6 Å². The van der Waals surface area contributed by atoms with Gasteiger partial charge in [0.25, 0.3) is 0 Å². The van der Waals surface area contributed by atoms with Crippen molar-refractivity contribution in [3.63, 3.8) is 0 Å². The maximum Gasteiger partial charge on any atom is 0.171 e. The van der Waals surface area contributed by atoms with Crippen molar-refractivity contribution in [3.05, 3.63) is 54.6 Å². The molecule has 5 heteroatoms. The fourth-order valence-corrected chi connectivity index (χ4v) is 2.48. The molecular weight excluding hydrogens is 262 g/mol. The van der Waals surface area contributed by atoms with Crippen molar-refractivity contribution in [2.45, 2.75) is 13.3 Å². The minimum Gasteiger partial charge on any atom is -0.275 e. The average molecular weight is 275 g/mol. The molecule has 0 N–H and O–H groups in total. The van der Waals surface area contributed by atoms with E-state index in [1.165, 1.54) is 0 Å². The molecule has 5 nitrogen and oxygen atoms in total. The Morgan fingerprint density at radius 1 is 0.952 bits per heavy atom. The molecule has 1 aromatic carbocycles. The Balaban J connectivity index is 2.01. The Hall–Kier alpha value is -2.82. The highest BCUT2D eigenvalue weighted by molar-refractivity contribution is 5.83. The molecule has 0 bridgehead atoms. The van der Waals surface area contributed by atoms with Gasteiger partial charge in [0, 0.05) is 18.8 Å². The van der Waals surface area contributed by atoms with Gasteiger partial charge >= 0.3 is 0 Å². The summed E-state index contributed by atoms with van der Waals surface area (Å²) in [6.07, 6.45) is 4.44. The Bertz CT molecular complexity index is 924. The van der Waals surface area contributed by atoms with Gasteiger partial charge in [0.2, 0.25) is 0 Å². The number of nitrogens with zero attached hydrogens (tertiary/aromatic N) is 5. The van der Waals surface area contributed by atoms with Crippen molar-refractivity contribution in [3.8, 4) is 11.4 Å². The predicted octanol–water partition coefficient (Wildman–Crippen LogP) is 2.90. The second-order valence-electron chi connectivity index (χ2n) is 4.85. The number of fused-ring (bicyclic) bond motifs is 3. The van der Waals surface area contributed by atoms with Crippen LogP contribution in [0, 0.1) is 0 Å². The molecule has 0 unspecified atom stereocenters. The highest BCUT2D eigenvalue weighted by Gasteiger charge is 2.11. The summed E-state index contributed by atoms with van der Waals surface area (Å²) in [7, 11) is 0. The first-order chi connectivity index (χ1) is 10.4. The number of hydrogen-bond acceptors (Lipinski definition) is 4. The molecule has 0 aliphatic rings. The normalized spacial score (nSPS) is 11.3. The molecule has 3 aromatic heterocycles. The summed E-state index contributed by atoms with van der Waals surface area (Å²) >= 11 is 0. The molecule has 0 spiro atoms. The van der Waals surface area contributed by atoms with Crippen molar-refractivity contribution < 1.29 is 0 Å². The number of hydrogen-bond donors (Lipinski definition) is 0. The van der Waals surface area contributed by atoms with Crippen LogP contribution in [0.4, 0.5) is 0 Å². The quantitative estimate of drug-likeness (QED) is 0.564. The molecule has 102 valence electrons. The van der Waals surface area contributed by atoms with Crippen LogP contribution in [0.15, 0.2) is 48.8 Å². The first-order valence-corrected chi connectivity index (χ1v) is 6.91. The summed E-state index contributed by atoms with van der Waals surface area (Å²) in [5, 5.41) is 9.70. The molecule has 21 heavy (non-hydrogen) atoms. The van der Waals surface area contributed by atoms with Gasteiger partial charge in [-0.1, -0.05) is 25.1 Å². The van der Waals surface area contributed by atoms with Gasteiger partial charge in [0.1, 0.15) is 5.82 Å². The van der Waals surface area contributed by atoms with E-state index in [1.54, 1.807) is 0 Å². The van der Waals surface area contributed by atoms with E-state index < -0.39 is 0 Å². The van der Waals surface area contributed by atoms with Gasteiger partial charge < -0.3 is 0 Å². The maximum atomic E-state index is 4.35. The largest absolute Gasteiger partial charge is 0.275 e. The van der Waals surface area contributed by atoms with E-state index in [1.807, 2.05) is 41.9 Å². The Labute approximate surface area is 121 Å². The first-order valence-electron chi connectivity index (χ1n) is 6.91. The van der Waals surface area contributed by atoms with E-state index in [-0.39, 0.29) is 0 Å². The molecule has 0 saturated carbocycles. The second kappa shape index (κ2) is 4.63. The van der Waals surface area contributed by atoms with Crippen LogP contribution < -0.4 is 0 Å². The SMILES string of the molecule is CCc1ncc(-c2nnc3ccc4ccccc4n23)cn1. The highest BCUT2D eigenvalue weighted by Crippen LogP contribution is 2.22. The third-order valence-corrected chi connectivity index (χ3v) is 3.56. The molecular formula is C16H13N5. The highest BCUT2D eigenvalue weighted by atomic mass is 15.2. The molecule has 4 aromatic rings. The fraction of sp³-hybridized carbons (Fsp3) is 0.125. The van der Waals surface area contributed by atoms with Crippen LogP contribution in [0.3, 0.4) is 0 Å². The standard InChI is InChI=1S/C16H13N5/c1-2-14-17-9-12(10-18-14)16-20-19-15-8-7-11-5-3-4-6-13(11)21(15)16/h3-10H,2H2,1H3. The van der Waals surface area contributed by atoms with Gasteiger partial charge in [-0.25, -0.2) is 9.97 Å². The molecule has 4 rings (SSSR count). The van der Waals surface area contributed by atoms with Crippen LogP contribution in [0.25, 0.3) is 27.9 Å². The molecule has 3 heterocycles. The van der Waals surface area contributed by atoms with Crippen LogP contribution in [0.2, 0.25) is 0 Å². The van der Waals surface area contributed by atoms with Gasteiger partial charge in [-0.3, -0.25) is 4.40 Å². The summed E-state index contributed by atoms with van der Waals surface area (Å²) in [4.78, 5) is 8.70. The van der Waals surface area contributed by atoms with E-state index in [2.05, 4.69) is 38.4 Å². The summed E-state index contributed by atoms with van der Waals surface area (Å²) in [6, 6.07) is 12.2. The van der Waals surface area contributed by atoms with Crippen molar-refractivity contribution >= 4 is 16.6 Å². The van der Waals surface area contributed by atoms with Crippen LogP contribution in [0.5, 0.6) is 0 Å². The first kappa shape index (κ1) is 12.0. The summed E-state index contributed by atoms with van der Waals surface area (Å²) in [6.45, 7) is 2.04. The Kier molecular flexibility index (Phi) is 2.64. The lowest BCUT2D eigenvalue weighted by Crippen LogP contribution is -1.96. The zero-order valence-corrected chi connectivity index (χ0v) is 11.6. The number of benzene rings is 1. The zero-order valence-electron chi connectivity index (χ0n) is 11.6. The second-order valence-corrected chi connectivity index (χ2v) is 4.85. The van der Waals surface area contributed by atoms with Crippen LogP contribution in [-0.4, -0.2) is 24.6 Å². The van der Waals surface area contributed by atoms with Crippen molar-refractivity contribution in [1.29, 1.82) is 0 Å².